The number of rotatable bonds is 5. The zero-order valence-corrected chi connectivity index (χ0v) is 11.8. The van der Waals surface area contributed by atoms with E-state index in [1.54, 1.807) is 0 Å². The predicted molar refractivity (Wildman–Crippen MR) is 73.2 cm³/mol. The Morgan fingerprint density at radius 3 is 2.84 bits per heavy atom. The molecule has 106 valence electrons. The molecule has 2 rings (SSSR count). The number of aromatic nitrogens is 2. The van der Waals surface area contributed by atoms with Gasteiger partial charge in [0.15, 0.2) is 0 Å². The highest BCUT2D eigenvalue weighted by Gasteiger charge is 2.33. The van der Waals surface area contributed by atoms with Gasteiger partial charge in [0.2, 0.25) is 5.95 Å². The number of anilines is 1. The second-order valence-corrected chi connectivity index (χ2v) is 5.29. The van der Waals surface area contributed by atoms with E-state index in [4.69, 9.17) is 4.74 Å². The van der Waals surface area contributed by atoms with Crippen LogP contribution in [0.25, 0.3) is 0 Å². The average molecular weight is 266 g/mol. The summed E-state index contributed by atoms with van der Waals surface area (Å²) in [6.45, 7) is 3.89. The summed E-state index contributed by atoms with van der Waals surface area (Å²) in [6, 6.07) is 1.96. The lowest BCUT2D eigenvalue weighted by Crippen LogP contribution is -2.48. The molecule has 1 saturated heterocycles. The fourth-order valence-corrected chi connectivity index (χ4v) is 2.11. The third kappa shape index (κ3) is 3.40. The molecule has 1 atom stereocenters. The lowest BCUT2D eigenvalue weighted by Gasteiger charge is -2.26. The molecule has 6 heteroatoms. The third-order valence-electron chi connectivity index (χ3n) is 3.35. The molecule has 0 aromatic carbocycles. The lowest BCUT2D eigenvalue weighted by atomic mass is 10.00. The molecule has 2 N–H and O–H groups in total. The number of aliphatic hydroxyl groups excluding tert-OH is 1. The van der Waals surface area contributed by atoms with Gasteiger partial charge in [0.05, 0.1) is 24.4 Å². The normalized spacial score (nSPS) is 22.7. The monoisotopic (exact) mass is 266 g/mol. The standard InChI is InChI=1S/C13H22N4O2/c1-10-6-11(16-12(15-10)17(2)3)7-14-13(8-18)4-5-19-9-13/h6,14,18H,4-5,7-9H2,1-3H3. The highest BCUT2D eigenvalue weighted by molar-refractivity contribution is 5.29. The summed E-state index contributed by atoms with van der Waals surface area (Å²) < 4.78 is 5.36. The molecular formula is C13H22N4O2. The molecule has 0 bridgehead atoms. The molecule has 0 saturated carbocycles. The quantitative estimate of drug-likeness (QED) is 0.787. The number of aliphatic hydroxyl groups is 1. The van der Waals surface area contributed by atoms with E-state index in [1.165, 1.54) is 0 Å². The van der Waals surface area contributed by atoms with Crippen LogP contribution >= 0.6 is 0 Å². The van der Waals surface area contributed by atoms with Crippen LogP contribution < -0.4 is 10.2 Å². The molecule has 1 aromatic rings. The van der Waals surface area contributed by atoms with Gasteiger partial charge in [0.25, 0.3) is 0 Å². The predicted octanol–water partition coefficient (Wildman–Crippen LogP) is 0.0920. The van der Waals surface area contributed by atoms with Crippen LogP contribution in [0.1, 0.15) is 17.8 Å². The Morgan fingerprint density at radius 2 is 2.26 bits per heavy atom. The van der Waals surface area contributed by atoms with E-state index in [0.717, 1.165) is 17.8 Å². The van der Waals surface area contributed by atoms with E-state index >= 15 is 0 Å². The average Bonchev–Trinajstić information content (AvgIpc) is 2.85. The van der Waals surface area contributed by atoms with Crippen LogP contribution in [0.3, 0.4) is 0 Å². The van der Waals surface area contributed by atoms with Crippen molar-refractivity contribution in [2.75, 3.05) is 38.8 Å². The summed E-state index contributed by atoms with van der Waals surface area (Å²) in [5, 5.41) is 12.9. The van der Waals surface area contributed by atoms with E-state index < -0.39 is 0 Å². The van der Waals surface area contributed by atoms with E-state index in [1.807, 2.05) is 32.0 Å². The first-order chi connectivity index (χ1) is 9.04. The minimum Gasteiger partial charge on any atom is -0.394 e. The van der Waals surface area contributed by atoms with Crippen molar-refractivity contribution in [3.63, 3.8) is 0 Å². The van der Waals surface area contributed by atoms with Crippen LogP contribution in [0.15, 0.2) is 6.07 Å². The van der Waals surface area contributed by atoms with Gasteiger partial charge in [0, 0.05) is 32.9 Å². The first kappa shape index (κ1) is 14.2. The fourth-order valence-electron chi connectivity index (χ4n) is 2.11. The van der Waals surface area contributed by atoms with E-state index in [2.05, 4.69) is 15.3 Å². The van der Waals surface area contributed by atoms with Crippen LogP contribution in [-0.4, -0.2) is 54.5 Å². The third-order valence-corrected chi connectivity index (χ3v) is 3.35. The molecule has 1 aromatic heterocycles. The summed E-state index contributed by atoms with van der Waals surface area (Å²) in [5.41, 5.74) is 1.55. The van der Waals surface area contributed by atoms with Gasteiger partial charge < -0.3 is 20.1 Å². The van der Waals surface area contributed by atoms with Crippen molar-refractivity contribution in [2.45, 2.75) is 25.4 Å². The van der Waals surface area contributed by atoms with Gasteiger partial charge in [-0.15, -0.1) is 0 Å². The maximum atomic E-state index is 9.51. The number of hydrogen-bond donors (Lipinski definition) is 2. The van der Waals surface area contributed by atoms with Crippen LogP contribution in [-0.2, 0) is 11.3 Å². The van der Waals surface area contributed by atoms with Gasteiger partial charge in [0.1, 0.15) is 0 Å². The van der Waals surface area contributed by atoms with E-state index in [-0.39, 0.29) is 12.1 Å². The Hall–Kier alpha value is -1.24. The lowest BCUT2D eigenvalue weighted by molar-refractivity contribution is 0.120. The SMILES string of the molecule is Cc1cc(CNC2(CO)CCOC2)nc(N(C)C)n1. The molecule has 0 radical (unpaired) electrons. The summed E-state index contributed by atoms with van der Waals surface area (Å²) in [4.78, 5) is 10.7. The number of nitrogens with one attached hydrogen (secondary N) is 1. The first-order valence-corrected chi connectivity index (χ1v) is 6.50. The van der Waals surface area contributed by atoms with Crippen molar-refractivity contribution in [3.05, 3.63) is 17.5 Å². The summed E-state index contributed by atoms with van der Waals surface area (Å²) in [6.07, 6.45) is 0.827. The molecule has 1 aliphatic rings. The molecule has 19 heavy (non-hydrogen) atoms. The molecule has 1 fully saturated rings. The molecule has 1 unspecified atom stereocenters. The van der Waals surface area contributed by atoms with Crippen LogP contribution in [0.2, 0.25) is 0 Å². The maximum Gasteiger partial charge on any atom is 0.225 e. The number of hydrogen-bond acceptors (Lipinski definition) is 6. The highest BCUT2D eigenvalue weighted by Crippen LogP contribution is 2.18. The Balaban J connectivity index is 2.06. The summed E-state index contributed by atoms with van der Waals surface area (Å²) in [7, 11) is 3.85. The molecule has 0 aliphatic carbocycles. The van der Waals surface area contributed by atoms with Gasteiger partial charge in [-0.05, 0) is 19.4 Å². The minimum absolute atomic E-state index is 0.0810. The van der Waals surface area contributed by atoms with Crippen LogP contribution in [0.4, 0.5) is 5.95 Å². The Morgan fingerprint density at radius 1 is 1.47 bits per heavy atom. The van der Waals surface area contributed by atoms with Crippen LogP contribution in [0.5, 0.6) is 0 Å². The Kier molecular flexibility index (Phi) is 4.34. The smallest absolute Gasteiger partial charge is 0.225 e. The van der Waals surface area contributed by atoms with Crippen molar-refractivity contribution in [3.8, 4) is 0 Å². The molecule has 6 nitrogen and oxygen atoms in total. The molecular weight excluding hydrogens is 244 g/mol. The topological polar surface area (TPSA) is 70.5 Å². The first-order valence-electron chi connectivity index (χ1n) is 6.50. The zero-order valence-electron chi connectivity index (χ0n) is 11.8. The molecule has 0 spiro atoms. The van der Waals surface area contributed by atoms with Gasteiger partial charge >= 0.3 is 0 Å². The number of nitrogens with zero attached hydrogens (tertiary/aromatic N) is 3. The van der Waals surface area contributed by atoms with Gasteiger partial charge in [-0.3, -0.25) is 0 Å². The van der Waals surface area contributed by atoms with Crippen molar-refractivity contribution in [1.82, 2.24) is 15.3 Å². The van der Waals surface area contributed by atoms with Crippen molar-refractivity contribution < 1.29 is 9.84 Å². The molecule has 1 aliphatic heterocycles. The Labute approximate surface area is 113 Å². The van der Waals surface area contributed by atoms with Crippen molar-refractivity contribution in [2.24, 2.45) is 0 Å². The summed E-state index contributed by atoms with van der Waals surface area (Å²) in [5.74, 6) is 0.706. The van der Waals surface area contributed by atoms with Gasteiger partial charge in [-0.2, -0.15) is 0 Å². The summed E-state index contributed by atoms with van der Waals surface area (Å²) >= 11 is 0. The largest absolute Gasteiger partial charge is 0.394 e. The molecule has 0 amide bonds. The zero-order chi connectivity index (χ0) is 13.9. The number of aryl methyl sites for hydroxylation is 1. The molecule has 2 heterocycles. The maximum absolute atomic E-state index is 9.51. The second-order valence-electron chi connectivity index (χ2n) is 5.29. The van der Waals surface area contributed by atoms with Crippen molar-refractivity contribution in [1.29, 1.82) is 0 Å². The Bertz CT molecular complexity index is 431. The van der Waals surface area contributed by atoms with Crippen molar-refractivity contribution >= 4 is 5.95 Å². The van der Waals surface area contributed by atoms with Crippen LogP contribution in [0, 0.1) is 6.92 Å². The van der Waals surface area contributed by atoms with Gasteiger partial charge in [-0.1, -0.05) is 0 Å². The van der Waals surface area contributed by atoms with Gasteiger partial charge in [-0.25, -0.2) is 9.97 Å². The van der Waals surface area contributed by atoms with E-state index in [0.29, 0.717) is 25.7 Å². The fraction of sp³-hybridized carbons (Fsp3) is 0.692. The van der Waals surface area contributed by atoms with E-state index in [9.17, 15) is 5.11 Å². The minimum atomic E-state index is -0.322. The highest BCUT2D eigenvalue weighted by atomic mass is 16.5. The second kappa shape index (κ2) is 5.81. The number of ether oxygens (including phenoxy) is 1.